The van der Waals surface area contributed by atoms with Gasteiger partial charge in [-0.1, -0.05) is 18.9 Å². The summed E-state index contributed by atoms with van der Waals surface area (Å²) in [4.78, 5) is 24.2. The van der Waals surface area contributed by atoms with Gasteiger partial charge in [0.05, 0.1) is 24.0 Å². The van der Waals surface area contributed by atoms with Crippen molar-refractivity contribution in [3.8, 4) is 0 Å². The van der Waals surface area contributed by atoms with Crippen LogP contribution in [-0.4, -0.2) is 57.5 Å². The maximum atomic E-state index is 12.8. The molecule has 0 aromatic heterocycles. The van der Waals surface area contributed by atoms with Crippen LogP contribution in [0.2, 0.25) is 0 Å². The van der Waals surface area contributed by atoms with E-state index in [4.69, 9.17) is 9.47 Å². The van der Waals surface area contributed by atoms with Crippen LogP contribution in [-0.2, 0) is 29.1 Å². The fourth-order valence-electron chi connectivity index (χ4n) is 3.43. The third-order valence-corrected chi connectivity index (χ3v) is 7.02. The number of aryl methyl sites for hydroxylation is 1. The van der Waals surface area contributed by atoms with E-state index in [1.807, 2.05) is 0 Å². The molecule has 0 atom stereocenters. The molecule has 0 bridgehead atoms. The van der Waals surface area contributed by atoms with Crippen molar-refractivity contribution in [2.75, 3.05) is 38.2 Å². The van der Waals surface area contributed by atoms with E-state index in [0.717, 1.165) is 31.2 Å². The van der Waals surface area contributed by atoms with E-state index < -0.39 is 15.9 Å². The molecular weight excluding hydrogens is 384 g/mol. The Kier molecular flexibility index (Phi) is 6.69. The second-order valence-electron chi connectivity index (χ2n) is 7.13. The lowest BCUT2D eigenvalue weighted by atomic mass is 10.1. The summed E-state index contributed by atoms with van der Waals surface area (Å²) in [5, 5.41) is 2.65. The maximum Gasteiger partial charge on any atom is 0.309 e. The highest BCUT2D eigenvalue weighted by Gasteiger charge is 2.27. The Balaban J connectivity index is 1.64. The zero-order valence-corrected chi connectivity index (χ0v) is 16.8. The van der Waals surface area contributed by atoms with E-state index in [1.165, 1.54) is 16.4 Å². The number of ether oxygens (including phenoxy) is 2. The van der Waals surface area contributed by atoms with Crippen molar-refractivity contribution in [2.45, 2.75) is 37.5 Å². The second kappa shape index (κ2) is 9.02. The molecule has 0 spiro atoms. The number of carbonyl (C=O) groups excluding carboxylic acids is 2. The van der Waals surface area contributed by atoms with Crippen LogP contribution in [0.1, 0.15) is 31.2 Å². The van der Waals surface area contributed by atoms with Gasteiger partial charge in [0, 0.05) is 18.8 Å². The number of carbonyl (C=O) groups is 2. The van der Waals surface area contributed by atoms with E-state index in [2.05, 4.69) is 5.32 Å². The number of benzene rings is 1. The Hall–Kier alpha value is -1.97. The van der Waals surface area contributed by atoms with Crippen molar-refractivity contribution in [3.63, 3.8) is 0 Å². The number of amides is 1. The van der Waals surface area contributed by atoms with Crippen LogP contribution in [0.25, 0.3) is 0 Å². The predicted molar refractivity (Wildman–Crippen MR) is 102 cm³/mol. The number of hydrogen-bond donors (Lipinski definition) is 1. The van der Waals surface area contributed by atoms with Gasteiger partial charge in [0.2, 0.25) is 10.0 Å². The average molecular weight is 410 g/mol. The maximum absolute atomic E-state index is 12.8. The smallest absolute Gasteiger partial charge is 0.309 e. The second-order valence-corrected chi connectivity index (χ2v) is 9.07. The molecule has 1 saturated heterocycles. The SMILES string of the molecule is Cc1ccc(S(=O)(=O)N2CCOCC2)cc1NC(=O)COC(=O)C1CCCC1. The highest BCUT2D eigenvalue weighted by Crippen LogP contribution is 2.26. The minimum Gasteiger partial charge on any atom is -0.455 e. The van der Waals surface area contributed by atoms with Gasteiger partial charge in [-0.3, -0.25) is 9.59 Å². The molecular formula is C19H26N2O6S. The van der Waals surface area contributed by atoms with Gasteiger partial charge >= 0.3 is 5.97 Å². The first-order chi connectivity index (χ1) is 13.4. The van der Waals surface area contributed by atoms with Gasteiger partial charge in [-0.2, -0.15) is 4.31 Å². The molecule has 2 fully saturated rings. The molecule has 1 amide bonds. The molecule has 0 unspecified atom stereocenters. The number of sulfonamides is 1. The fraction of sp³-hybridized carbons (Fsp3) is 0.579. The summed E-state index contributed by atoms with van der Waals surface area (Å²) in [6, 6.07) is 4.61. The van der Waals surface area contributed by atoms with E-state index in [0.29, 0.717) is 32.0 Å². The standard InChI is InChI=1S/C19H26N2O6S/c1-14-6-7-16(28(24,25)21-8-10-26-11-9-21)12-17(14)20-18(22)13-27-19(23)15-4-2-3-5-15/h6-7,12,15H,2-5,8-11,13H2,1H3,(H,20,22). The molecule has 0 radical (unpaired) electrons. The van der Waals surface area contributed by atoms with Gasteiger partial charge in [-0.05, 0) is 37.5 Å². The molecule has 1 aliphatic carbocycles. The normalized spacial score (nSPS) is 18.8. The van der Waals surface area contributed by atoms with Crippen LogP contribution >= 0.6 is 0 Å². The third-order valence-electron chi connectivity index (χ3n) is 5.12. The van der Waals surface area contributed by atoms with Crippen LogP contribution in [0.5, 0.6) is 0 Å². The Labute approximate surface area is 165 Å². The van der Waals surface area contributed by atoms with Crippen molar-refractivity contribution in [1.29, 1.82) is 0 Å². The minimum absolute atomic E-state index is 0.109. The van der Waals surface area contributed by atoms with Gasteiger partial charge in [-0.15, -0.1) is 0 Å². The zero-order chi connectivity index (χ0) is 20.1. The van der Waals surface area contributed by atoms with Crippen LogP contribution in [0, 0.1) is 12.8 Å². The lowest BCUT2D eigenvalue weighted by Crippen LogP contribution is -2.40. The van der Waals surface area contributed by atoms with Crippen LogP contribution < -0.4 is 5.32 Å². The van der Waals surface area contributed by atoms with E-state index in [-0.39, 0.29) is 23.4 Å². The van der Waals surface area contributed by atoms with Gasteiger partial charge in [0.1, 0.15) is 0 Å². The van der Waals surface area contributed by atoms with Gasteiger partial charge < -0.3 is 14.8 Å². The predicted octanol–water partition coefficient (Wildman–Crippen LogP) is 1.69. The summed E-state index contributed by atoms with van der Waals surface area (Å²) in [5.74, 6) is -0.945. The highest BCUT2D eigenvalue weighted by atomic mass is 32.2. The van der Waals surface area contributed by atoms with Crippen molar-refractivity contribution >= 4 is 27.6 Å². The molecule has 1 saturated carbocycles. The number of nitrogens with one attached hydrogen (secondary N) is 1. The summed E-state index contributed by atoms with van der Waals surface area (Å²) < 4.78 is 37.3. The van der Waals surface area contributed by atoms with Gasteiger partial charge in [-0.25, -0.2) is 8.42 Å². The highest BCUT2D eigenvalue weighted by molar-refractivity contribution is 7.89. The zero-order valence-electron chi connectivity index (χ0n) is 16.0. The van der Waals surface area contributed by atoms with Crippen molar-refractivity contribution in [2.24, 2.45) is 5.92 Å². The molecule has 1 N–H and O–H groups in total. The molecule has 1 heterocycles. The number of rotatable bonds is 6. The Morgan fingerprint density at radius 1 is 1.21 bits per heavy atom. The molecule has 9 heteroatoms. The summed E-state index contributed by atoms with van der Waals surface area (Å²) in [7, 11) is -3.66. The third kappa shape index (κ3) is 4.89. The van der Waals surface area contributed by atoms with E-state index in [1.54, 1.807) is 13.0 Å². The first-order valence-corrected chi connectivity index (χ1v) is 11.0. The molecule has 8 nitrogen and oxygen atoms in total. The number of anilines is 1. The summed E-state index contributed by atoms with van der Waals surface area (Å²) in [6.07, 6.45) is 3.63. The molecule has 3 rings (SSSR count). The largest absolute Gasteiger partial charge is 0.455 e. The molecule has 1 aliphatic heterocycles. The van der Waals surface area contributed by atoms with Crippen molar-refractivity contribution in [3.05, 3.63) is 23.8 Å². The molecule has 28 heavy (non-hydrogen) atoms. The Bertz CT molecular complexity index is 827. The first-order valence-electron chi connectivity index (χ1n) is 9.53. The van der Waals surface area contributed by atoms with Crippen molar-refractivity contribution in [1.82, 2.24) is 4.31 Å². The lowest BCUT2D eigenvalue weighted by Gasteiger charge is -2.26. The summed E-state index contributed by atoms with van der Waals surface area (Å²) in [6.45, 7) is 2.71. The minimum atomic E-state index is -3.66. The topological polar surface area (TPSA) is 102 Å². The monoisotopic (exact) mass is 410 g/mol. The Morgan fingerprint density at radius 3 is 2.57 bits per heavy atom. The first kappa shape index (κ1) is 20.8. The Morgan fingerprint density at radius 2 is 1.89 bits per heavy atom. The van der Waals surface area contributed by atoms with Crippen LogP contribution in [0.3, 0.4) is 0 Å². The summed E-state index contributed by atoms with van der Waals surface area (Å²) in [5.41, 5.74) is 1.10. The van der Waals surface area contributed by atoms with E-state index >= 15 is 0 Å². The van der Waals surface area contributed by atoms with Gasteiger partial charge in [0.25, 0.3) is 5.91 Å². The molecule has 154 valence electrons. The van der Waals surface area contributed by atoms with Crippen LogP contribution in [0.15, 0.2) is 23.1 Å². The van der Waals surface area contributed by atoms with Crippen molar-refractivity contribution < 1.29 is 27.5 Å². The summed E-state index contributed by atoms with van der Waals surface area (Å²) >= 11 is 0. The number of morpholine rings is 1. The number of esters is 1. The molecule has 1 aromatic carbocycles. The van der Waals surface area contributed by atoms with Gasteiger partial charge in [0.15, 0.2) is 6.61 Å². The van der Waals surface area contributed by atoms with Crippen LogP contribution in [0.4, 0.5) is 5.69 Å². The number of nitrogens with zero attached hydrogens (tertiary/aromatic N) is 1. The molecule has 1 aromatic rings. The number of hydrogen-bond acceptors (Lipinski definition) is 6. The quantitative estimate of drug-likeness (QED) is 0.716. The fourth-order valence-corrected chi connectivity index (χ4v) is 4.87. The van der Waals surface area contributed by atoms with E-state index in [9.17, 15) is 18.0 Å². The molecule has 2 aliphatic rings. The average Bonchev–Trinajstić information content (AvgIpc) is 3.23. The lowest BCUT2D eigenvalue weighted by molar-refractivity contribution is -0.151.